The molecule has 0 radical (unpaired) electrons. The molecule has 1 heteroatoms. The van der Waals surface area contributed by atoms with Crippen LogP contribution in [0.3, 0.4) is 0 Å². The van der Waals surface area contributed by atoms with E-state index >= 15 is 0 Å². The number of anilines is 3. The molecule has 0 amide bonds. The third-order valence-electron chi connectivity index (χ3n) is 11.6. The SMILES string of the molecule is CC1(C)c2ccccc2-c2cccc(-c3ccc(N(c4cccc(-c5cccc(-c6ccccc6)c5)c4)c4cccc(-c5ccc6ccccc6c5)c4)cc3)c21. The first-order valence-corrected chi connectivity index (χ1v) is 19.5. The molecule has 9 aromatic rings. The van der Waals surface area contributed by atoms with Crippen LogP contribution >= 0.6 is 0 Å². The molecule has 0 aliphatic heterocycles. The third-order valence-corrected chi connectivity index (χ3v) is 11.6. The lowest BCUT2D eigenvalue weighted by atomic mass is 9.79. The lowest BCUT2D eigenvalue weighted by Crippen LogP contribution is -2.16. The van der Waals surface area contributed by atoms with Crippen LogP contribution < -0.4 is 4.90 Å². The third kappa shape index (κ3) is 5.90. The van der Waals surface area contributed by atoms with Crippen LogP contribution in [0.5, 0.6) is 0 Å². The zero-order valence-electron chi connectivity index (χ0n) is 31.7. The molecule has 0 spiro atoms. The molecule has 0 fully saturated rings. The standard InChI is InChI=1S/C55H41N/c1-55(2)53-27-9-8-24-51(53)52-26-13-25-50(54(52)55)40-30-32-47(33-31-40)56(49-23-12-21-45(37-49)46-29-28-39-16-6-7-17-41(39)35-46)48-22-11-20-44(36-48)43-19-10-18-42(34-43)38-14-4-3-5-15-38/h3-37H,1-2H3. The highest BCUT2D eigenvalue weighted by atomic mass is 15.1. The van der Waals surface area contributed by atoms with Crippen molar-refractivity contribution in [3.05, 3.63) is 223 Å². The van der Waals surface area contributed by atoms with E-state index in [4.69, 9.17) is 0 Å². The maximum atomic E-state index is 2.40. The maximum Gasteiger partial charge on any atom is 0.0467 e. The minimum absolute atomic E-state index is 0.0886. The average Bonchev–Trinajstić information content (AvgIpc) is 3.50. The average molecular weight is 716 g/mol. The van der Waals surface area contributed by atoms with Gasteiger partial charge in [-0.05, 0) is 126 Å². The molecule has 56 heavy (non-hydrogen) atoms. The van der Waals surface area contributed by atoms with Crippen molar-refractivity contribution in [3.8, 4) is 55.6 Å². The van der Waals surface area contributed by atoms with Gasteiger partial charge >= 0.3 is 0 Å². The van der Waals surface area contributed by atoms with Gasteiger partial charge in [0, 0.05) is 22.5 Å². The second-order valence-electron chi connectivity index (χ2n) is 15.4. The fourth-order valence-corrected chi connectivity index (χ4v) is 8.85. The highest BCUT2D eigenvalue weighted by molar-refractivity contribution is 5.91. The van der Waals surface area contributed by atoms with Crippen LogP contribution in [0, 0.1) is 0 Å². The van der Waals surface area contributed by atoms with E-state index in [0.29, 0.717) is 0 Å². The van der Waals surface area contributed by atoms with Crippen molar-refractivity contribution in [2.75, 3.05) is 4.90 Å². The molecule has 1 aliphatic carbocycles. The van der Waals surface area contributed by atoms with Crippen LogP contribution in [0.15, 0.2) is 212 Å². The van der Waals surface area contributed by atoms with Gasteiger partial charge in [0.15, 0.2) is 0 Å². The van der Waals surface area contributed by atoms with Gasteiger partial charge in [0.05, 0.1) is 0 Å². The Morgan fingerprint density at radius 2 is 0.804 bits per heavy atom. The monoisotopic (exact) mass is 715 g/mol. The Hall–Kier alpha value is -6.96. The highest BCUT2D eigenvalue weighted by Crippen LogP contribution is 2.52. The number of benzene rings is 9. The number of nitrogens with zero attached hydrogens (tertiary/aromatic N) is 1. The Morgan fingerprint density at radius 1 is 0.304 bits per heavy atom. The molecule has 0 saturated heterocycles. The van der Waals surface area contributed by atoms with Crippen molar-refractivity contribution < 1.29 is 0 Å². The van der Waals surface area contributed by atoms with Gasteiger partial charge in [0.2, 0.25) is 0 Å². The van der Waals surface area contributed by atoms with Crippen molar-refractivity contribution in [2.24, 2.45) is 0 Å². The number of hydrogen-bond acceptors (Lipinski definition) is 1. The Bertz CT molecular complexity index is 2880. The quantitative estimate of drug-likeness (QED) is 0.159. The molecule has 0 N–H and O–H groups in total. The molecule has 266 valence electrons. The fraction of sp³-hybridized carbons (Fsp3) is 0.0545. The summed E-state index contributed by atoms with van der Waals surface area (Å²) in [6.07, 6.45) is 0. The largest absolute Gasteiger partial charge is 0.310 e. The van der Waals surface area contributed by atoms with Gasteiger partial charge < -0.3 is 4.90 Å². The van der Waals surface area contributed by atoms with E-state index in [-0.39, 0.29) is 5.41 Å². The van der Waals surface area contributed by atoms with Crippen LogP contribution in [-0.4, -0.2) is 0 Å². The molecule has 0 aromatic heterocycles. The topological polar surface area (TPSA) is 3.24 Å². The van der Waals surface area contributed by atoms with E-state index in [1.807, 2.05) is 0 Å². The Morgan fingerprint density at radius 3 is 1.54 bits per heavy atom. The summed E-state index contributed by atoms with van der Waals surface area (Å²) < 4.78 is 0. The van der Waals surface area contributed by atoms with Crippen LogP contribution in [0.4, 0.5) is 17.1 Å². The van der Waals surface area contributed by atoms with E-state index in [1.165, 1.54) is 77.5 Å². The minimum Gasteiger partial charge on any atom is -0.310 e. The van der Waals surface area contributed by atoms with Crippen LogP contribution in [0.25, 0.3) is 66.4 Å². The first-order valence-electron chi connectivity index (χ1n) is 19.5. The molecule has 10 rings (SSSR count). The molecular formula is C55H41N. The smallest absolute Gasteiger partial charge is 0.0467 e. The molecule has 0 bridgehead atoms. The summed E-state index contributed by atoms with van der Waals surface area (Å²) >= 11 is 0. The molecule has 0 heterocycles. The van der Waals surface area contributed by atoms with Crippen LogP contribution in [0.2, 0.25) is 0 Å². The zero-order chi connectivity index (χ0) is 37.6. The number of rotatable bonds is 7. The molecule has 0 atom stereocenters. The van der Waals surface area contributed by atoms with E-state index in [1.54, 1.807) is 0 Å². The fourth-order valence-electron chi connectivity index (χ4n) is 8.85. The first kappa shape index (κ1) is 33.6. The second-order valence-corrected chi connectivity index (χ2v) is 15.4. The zero-order valence-corrected chi connectivity index (χ0v) is 31.7. The molecular weight excluding hydrogens is 675 g/mol. The Balaban J connectivity index is 1.08. The molecule has 9 aromatic carbocycles. The number of hydrogen-bond donors (Lipinski definition) is 0. The summed E-state index contributed by atoms with van der Waals surface area (Å²) in [5, 5.41) is 2.49. The van der Waals surface area contributed by atoms with Crippen molar-refractivity contribution in [1.82, 2.24) is 0 Å². The van der Waals surface area contributed by atoms with Gasteiger partial charge in [-0.3, -0.25) is 0 Å². The first-order chi connectivity index (χ1) is 27.5. The van der Waals surface area contributed by atoms with Crippen LogP contribution in [-0.2, 0) is 5.41 Å². The second kappa shape index (κ2) is 13.7. The van der Waals surface area contributed by atoms with Gasteiger partial charge in [-0.15, -0.1) is 0 Å². The predicted molar refractivity (Wildman–Crippen MR) is 238 cm³/mol. The van der Waals surface area contributed by atoms with Gasteiger partial charge in [-0.1, -0.05) is 178 Å². The lowest BCUT2D eigenvalue weighted by Gasteiger charge is -2.27. The minimum atomic E-state index is -0.0886. The number of fused-ring (bicyclic) bond motifs is 4. The normalized spacial score (nSPS) is 12.6. The predicted octanol–water partition coefficient (Wildman–Crippen LogP) is 15.3. The van der Waals surface area contributed by atoms with E-state index < -0.39 is 0 Å². The highest BCUT2D eigenvalue weighted by Gasteiger charge is 2.37. The van der Waals surface area contributed by atoms with Gasteiger partial charge in [0.25, 0.3) is 0 Å². The molecule has 0 saturated carbocycles. The lowest BCUT2D eigenvalue weighted by molar-refractivity contribution is 0.662. The van der Waals surface area contributed by atoms with Crippen molar-refractivity contribution in [3.63, 3.8) is 0 Å². The summed E-state index contributed by atoms with van der Waals surface area (Å²) in [6, 6.07) is 77.6. The van der Waals surface area contributed by atoms with Gasteiger partial charge in [0.1, 0.15) is 0 Å². The van der Waals surface area contributed by atoms with Crippen molar-refractivity contribution in [2.45, 2.75) is 19.3 Å². The van der Waals surface area contributed by atoms with Crippen molar-refractivity contribution >= 4 is 27.8 Å². The van der Waals surface area contributed by atoms with Crippen molar-refractivity contribution in [1.29, 1.82) is 0 Å². The summed E-state index contributed by atoms with van der Waals surface area (Å²) in [7, 11) is 0. The van der Waals surface area contributed by atoms with Gasteiger partial charge in [-0.25, -0.2) is 0 Å². The molecule has 0 unspecified atom stereocenters. The molecule has 1 nitrogen and oxygen atoms in total. The van der Waals surface area contributed by atoms with Crippen LogP contribution in [0.1, 0.15) is 25.0 Å². The van der Waals surface area contributed by atoms with E-state index in [9.17, 15) is 0 Å². The summed E-state index contributed by atoms with van der Waals surface area (Å²) in [4.78, 5) is 2.40. The summed E-state index contributed by atoms with van der Waals surface area (Å²) in [5.41, 5.74) is 18.4. The van der Waals surface area contributed by atoms with E-state index in [2.05, 4.69) is 231 Å². The maximum absolute atomic E-state index is 2.40. The van der Waals surface area contributed by atoms with E-state index in [0.717, 1.165) is 17.1 Å². The molecule has 1 aliphatic rings. The Kier molecular flexibility index (Phi) is 8.23. The summed E-state index contributed by atoms with van der Waals surface area (Å²) in [6.45, 7) is 4.73. The summed E-state index contributed by atoms with van der Waals surface area (Å²) in [5.74, 6) is 0. The van der Waals surface area contributed by atoms with Gasteiger partial charge in [-0.2, -0.15) is 0 Å². The Labute approximate surface area is 329 Å².